The van der Waals surface area contributed by atoms with Crippen LogP contribution < -0.4 is 0 Å². The van der Waals surface area contributed by atoms with E-state index < -0.39 is 0 Å². The summed E-state index contributed by atoms with van der Waals surface area (Å²) in [5.74, 6) is 1.52. The largest absolute Gasteiger partial charge is 0.265 e. The predicted octanol–water partition coefficient (Wildman–Crippen LogP) is 1.83. The first-order valence-corrected chi connectivity index (χ1v) is 2.70. The molecule has 41 valence electrons. The standard InChI is InChI=1S/C6H5ClN/c7-5-6-1-3-8-4-2-6/h1-5H. The first-order valence-electron chi connectivity index (χ1n) is 2.27. The lowest BCUT2D eigenvalue weighted by Crippen LogP contribution is -1.72. The van der Waals surface area contributed by atoms with Crippen molar-refractivity contribution in [3.63, 3.8) is 0 Å². The summed E-state index contributed by atoms with van der Waals surface area (Å²) in [6.07, 6.45) is 3.41. The lowest BCUT2D eigenvalue weighted by atomic mass is 10.3. The quantitative estimate of drug-likeness (QED) is 0.560. The molecule has 0 atom stereocenters. The number of pyridine rings is 1. The van der Waals surface area contributed by atoms with Gasteiger partial charge < -0.3 is 0 Å². The van der Waals surface area contributed by atoms with Crippen molar-refractivity contribution >= 4 is 11.6 Å². The smallest absolute Gasteiger partial charge is 0.0791 e. The summed E-state index contributed by atoms with van der Waals surface area (Å²) in [5, 5.41) is 0. The van der Waals surface area contributed by atoms with Gasteiger partial charge in [0.05, 0.1) is 5.88 Å². The summed E-state index contributed by atoms with van der Waals surface area (Å²) in [5.41, 5.74) is 0.988. The molecule has 0 fully saturated rings. The van der Waals surface area contributed by atoms with Gasteiger partial charge in [0.2, 0.25) is 0 Å². The van der Waals surface area contributed by atoms with E-state index in [9.17, 15) is 0 Å². The monoisotopic (exact) mass is 126 g/mol. The molecule has 2 heteroatoms. The Hall–Kier alpha value is -0.560. The number of aromatic nitrogens is 1. The molecule has 1 aromatic heterocycles. The predicted molar refractivity (Wildman–Crippen MR) is 33.5 cm³/mol. The van der Waals surface area contributed by atoms with Crippen molar-refractivity contribution in [1.29, 1.82) is 0 Å². The average Bonchev–Trinajstić information content (AvgIpc) is 1.90. The molecule has 0 aliphatic heterocycles. The second kappa shape index (κ2) is 2.68. The van der Waals surface area contributed by atoms with Crippen LogP contribution in [0.5, 0.6) is 0 Å². The van der Waals surface area contributed by atoms with Crippen molar-refractivity contribution in [3.05, 3.63) is 36.0 Å². The first-order chi connectivity index (χ1) is 3.93. The minimum atomic E-state index is 0.988. The maximum absolute atomic E-state index is 5.37. The van der Waals surface area contributed by atoms with E-state index in [-0.39, 0.29) is 0 Å². The summed E-state index contributed by atoms with van der Waals surface area (Å²) < 4.78 is 0. The fraction of sp³-hybridized carbons (Fsp3) is 0. The van der Waals surface area contributed by atoms with E-state index in [4.69, 9.17) is 11.6 Å². The highest BCUT2D eigenvalue weighted by Crippen LogP contribution is 2.01. The third kappa shape index (κ3) is 1.20. The molecule has 8 heavy (non-hydrogen) atoms. The van der Waals surface area contributed by atoms with E-state index >= 15 is 0 Å². The van der Waals surface area contributed by atoms with Crippen molar-refractivity contribution < 1.29 is 0 Å². The van der Waals surface area contributed by atoms with E-state index in [1.165, 1.54) is 5.88 Å². The molecule has 0 saturated heterocycles. The van der Waals surface area contributed by atoms with Crippen LogP contribution in [0.1, 0.15) is 5.56 Å². The molecule has 0 N–H and O–H groups in total. The fourth-order valence-electron chi connectivity index (χ4n) is 0.436. The number of halogens is 1. The van der Waals surface area contributed by atoms with E-state index in [0.717, 1.165) is 5.56 Å². The van der Waals surface area contributed by atoms with Gasteiger partial charge in [-0.3, -0.25) is 4.98 Å². The van der Waals surface area contributed by atoms with Crippen LogP contribution in [0.4, 0.5) is 0 Å². The van der Waals surface area contributed by atoms with E-state index in [1.54, 1.807) is 12.4 Å². The Bertz CT molecular complexity index is 150. The number of rotatable bonds is 1. The maximum Gasteiger partial charge on any atom is 0.0791 e. The molecular formula is C6H5ClN. The van der Waals surface area contributed by atoms with E-state index in [1.807, 2.05) is 12.1 Å². The summed E-state index contributed by atoms with van der Waals surface area (Å²) in [6.45, 7) is 0. The van der Waals surface area contributed by atoms with Crippen LogP contribution in [-0.2, 0) is 0 Å². The Balaban J connectivity index is 2.83. The van der Waals surface area contributed by atoms with Crippen molar-refractivity contribution in [2.75, 3.05) is 0 Å². The molecule has 1 heterocycles. The zero-order chi connectivity index (χ0) is 5.82. The Morgan fingerprint density at radius 1 is 1.38 bits per heavy atom. The molecule has 1 rings (SSSR count). The number of hydrogen-bond donors (Lipinski definition) is 0. The second-order valence-corrected chi connectivity index (χ2v) is 1.61. The zero-order valence-corrected chi connectivity index (χ0v) is 4.97. The SMILES string of the molecule is Cl[CH]c1ccncc1. The van der Waals surface area contributed by atoms with Gasteiger partial charge in [0.25, 0.3) is 0 Å². The zero-order valence-electron chi connectivity index (χ0n) is 4.21. The van der Waals surface area contributed by atoms with E-state index in [2.05, 4.69) is 4.98 Å². The van der Waals surface area contributed by atoms with Crippen molar-refractivity contribution in [2.24, 2.45) is 0 Å². The molecule has 0 aromatic carbocycles. The average molecular weight is 127 g/mol. The minimum Gasteiger partial charge on any atom is -0.265 e. The Kier molecular flexibility index (Phi) is 1.86. The summed E-state index contributed by atoms with van der Waals surface area (Å²) in [6, 6.07) is 3.68. The van der Waals surface area contributed by atoms with Gasteiger partial charge in [-0.1, -0.05) is 0 Å². The Labute approximate surface area is 53.3 Å². The Morgan fingerprint density at radius 3 is 2.38 bits per heavy atom. The summed E-state index contributed by atoms with van der Waals surface area (Å²) in [7, 11) is 0. The van der Waals surface area contributed by atoms with Gasteiger partial charge in [0.15, 0.2) is 0 Å². The topological polar surface area (TPSA) is 12.9 Å². The molecule has 0 aliphatic rings. The van der Waals surface area contributed by atoms with E-state index in [0.29, 0.717) is 0 Å². The number of hydrogen-bond acceptors (Lipinski definition) is 1. The van der Waals surface area contributed by atoms with Gasteiger partial charge in [-0.15, -0.1) is 11.6 Å². The highest BCUT2D eigenvalue weighted by Gasteiger charge is 1.83. The lowest BCUT2D eigenvalue weighted by Gasteiger charge is -1.86. The van der Waals surface area contributed by atoms with Crippen LogP contribution in [0.3, 0.4) is 0 Å². The Morgan fingerprint density at radius 2 is 2.00 bits per heavy atom. The third-order valence-corrected chi connectivity index (χ3v) is 1.08. The molecule has 1 nitrogen and oxygen atoms in total. The molecule has 0 unspecified atom stereocenters. The maximum atomic E-state index is 5.37. The lowest BCUT2D eigenvalue weighted by molar-refractivity contribution is 1.31. The second-order valence-electron chi connectivity index (χ2n) is 1.39. The van der Waals surface area contributed by atoms with Crippen LogP contribution in [-0.4, -0.2) is 4.98 Å². The van der Waals surface area contributed by atoms with Crippen molar-refractivity contribution in [1.82, 2.24) is 4.98 Å². The fourth-order valence-corrected chi connectivity index (χ4v) is 0.582. The number of nitrogens with zero attached hydrogens (tertiary/aromatic N) is 1. The first kappa shape index (κ1) is 5.57. The van der Waals surface area contributed by atoms with Gasteiger partial charge >= 0.3 is 0 Å². The molecule has 1 aromatic rings. The minimum absolute atomic E-state index is 0.988. The molecule has 0 aliphatic carbocycles. The normalized spacial score (nSPS) is 9.12. The van der Waals surface area contributed by atoms with Crippen LogP contribution >= 0.6 is 11.6 Å². The molecule has 0 amide bonds. The van der Waals surface area contributed by atoms with Gasteiger partial charge in [0, 0.05) is 12.4 Å². The van der Waals surface area contributed by atoms with Crippen LogP contribution in [0.2, 0.25) is 0 Å². The van der Waals surface area contributed by atoms with Gasteiger partial charge in [-0.2, -0.15) is 0 Å². The van der Waals surface area contributed by atoms with Gasteiger partial charge in [-0.25, -0.2) is 0 Å². The van der Waals surface area contributed by atoms with Crippen molar-refractivity contribution in [2.45, 2.75) is 0 Å². The molecule has 0 saturated carbocycles. The molecule has 1 radical (unpaired) electrons. The third-order valence-electron chi connectivity index (χ3n) is 0.832. The van der Waals surface area contributed by atoms with Crippen molar-refractivity contribution in [3.8, 4) is 0 Å². The highest BCUT2D eigenvalue weighted by molar-refractivity contribution is 6.25. The van der Waals surface area contributed by atoms with Gasteiger partial charge in [-0.05, 0) is 17.7 Å². The summed E-state index contributed by atoms with van der Waals surface area (Å²) >= 11 is 5.37. The van der Waals surface area contributed by atoms with Gasteiger partial charge in [0.1, 0.15) is 0 Å². The summed E-state index contributed by atoms with van der Waals surface area (Å²) in [4.78, 5) is 3.81. The van der Waals surface area contributed by atoms with Crippen LogP contribution in [0.15, 0.2) is 24.5 Å². The van der Waals surface area contributed by atoms with Crippen LogP contribution in [0.25, 0.3) is 0 Å². The highest BCUT2D eigenvalue weighted by atomic mass is 35.5. The molecular weight excluding hydrogens is 122 g/mol. The molecule has 0 bridgehead atoms. The molecule has 0 spiro atoms. The van der Waals surface area contributed by atoms with Crippen LogP contribution in [0, 0.1) is 5.88 Å².